The Kier molecular flexibility index (Phi) is 6.42. The van der Waals surface area contributed by atoms with Gasteiger partial charge in [0.1, 0.15) is 6.04 Å². The van der Waals surface area contributed by atoms with Crippen molar-refractivity contribution in [1.82, 2.24) is 10.2 Å². The van der Waals surface area contributed by atoms with Gasteiger partial charge < -0.3 is 10.1 Å². The maximum atomic E-state index is 12.3. The Bertz CT molecular complexity index is 565. The van der Waals surface area contributed by atoms with E-state index in [4.69, 9.17) is 16.3 Å². The molecule has 1 N–H and O–H groups in total. The van der Waals surface area contributed by atoms with Crippen LogP contribution in [0.2, 0.25) is 5.02 Å². The molecule has 1 aliphatic rings. The number of piperidine rings is 1. The van der Waals surface area contributed by atoms with Crippen molar-refractivity contribution in [2.75, 3.05) is 20.2 Å². The van der Waals surface area contributed by atoms with Crippen molar-refractivity contribution < 1.29 is 14.3 Å². The van der Waals surface area contributed by atoms with Gasteiger partial charge >= 0.3 is 5.97 Å². The number of hydrogen-bond donors (Lipinski definition) is 1. The van der Waals surface area contributed by atoms with Crippen molar-refractivity contribution in [3.05, 3.63) is 34.9 Å². The molecule has 0 bridgehead atoms. The van der Waals surface area contributed by atoms with E-state index in [1.165, 1.54) is 7.11 Å². The first kappa shape index (κ1) is 17.8. The highest BCUT2D eigenvalue weighted by molar-refractivity contribution is 6.30. The molecule has 1 saturated heterocycles. The molecule has 126 valence electrons. The highest BCUT2D eigenvalue weighted by Crippen LogP contribution is 2.27. The number of esters is 1. The number of halogens is 1. The van der Waals surface area contributed by atoms with Crippen molar-refractivity contribution in [3.63, 3.8) is 0 Å². The van der Waals surface area contributed by atoms with E-state index in [1.807, 2.05) is 19.1 Å². The molecular weight excluding hydrogens is 316 g/mol. The number of carbonyl (C=O) groups is 2. The topological polar surface area (TPSA) is 58.6 Å². The summed E-state index contributed by atoms with van der Waals surface area (Å²) in [5.74, 6) is -0.274. The van der Waals surface area contributed by atoms with Crippen LogP contribution < -0.4 is 5.32 Å². The van der Waals surface area contributed by atoms with Crippen LogP contribution in [0.5, 0.6) is 0 Å². The third-order valence-corrected chi connectivity index (χ3v) is 4.33. The molecule has 0 aromatic heterocycles. The molecule has 1 aliphatic heterocycles. The van der Waals surface area contributed by atoms with Gasteiger partial charge in [-0.2, -0.15) is 0 Å². The molecule has 2 atom stereocenters. The third-order valence-electron chi connectivity index (χ3n) is 4.09. The summed E-state index contributed by atoms with van der Waals surface area (Å²) >= 11 is 6.06. The SMILES string of the molecule is CCC(=O)N[C@@H]1CCCN([C@H](C(=O)OC)c2cccc(Cl)c2)C1. The van der Waals surface area contributed by atoms with E-state index in [-0.39, 0.29) is 17.9 Å². The molecule has 5 nitrogen and oxygen atoms in total. The van der Waals surface area contributed by atoms with Crippen molar-refractivity contribution in [3.8, 4) is 0 Å². The number of rotatable bonds is 5. The van der Waals surface area contributed by atoms with Crippen LogP contribution in [0.15, 0.2) is 24.3 Å². The third kappa shape index (κ3) is 4.69. The van der Waals surface area contributed by atoms with Gasteiger partial charge in [0.05, 0.1) is 7.11 Å². The molecule has 0 radical (unpaired) electrons. The zero-order valence-electron chi connectivity index (χ0n) is 13.5. The van der Waals surface area contributed by atoms with E-state index >= 15 is 0 Å². The molecule has 6 heteroatoms. The highest BCUT2D eigenvalue weighted by atomic mass is 35.5. The van der Waals surface area contributed by atoms with Crippen molar-refractivity contribution in [1.29, 1.82) is 0 Å². The van der Waals surface area contributed by atoms with E-state index in [0.717, 1.165) is 24.9 Å². The number of amides is 1. The van der Waals surface area contributed by atoms with Gasteiger partial charge in [-0.15, -0.1) is 0 Å². The van der Waals surface area contributed by atoms with Crippen LogP contribution in [-0.4, -0.2) is 43.0 Å². The lowest BCUT2D eigenvalue weighted by atomic mass is 9.99. The molecule has 1 heterocycles. The van der Waals surface area contributed by atoms with Crippen LogP contribution in [0.3, 0.4) is 0 Å². The minimum absolute atomic E-state index is 0.0363. The van der Waals surface area contributed by atoms with Crippen LogP contribution >= 0.6 is 11.6 Å². The number of nitrogens with zero attached hydrogens (tertiary/aromatic N) is 1. The first-order valence-corrected chi connectivity index (χ1v) is 8.29. The average molecular weight is 339 g/mol. The molecule has 1 amide bonds. The lowest BCUT2D eigenvalue weighted by Crippen LogP contribution is -2.50. The van der Waals surface area contributed by atoms with Crippen molar-refractivity contribution >= 4 is 23.5 Å². The Morgan fingerprint density at radius 3 is 2.91 bits per heavy atom. The average Bonchev–Trinajstić information content (AvgIpc) is 2.55. The zero-order chi connectivity index (χ0) is 16.8. The number of benzene rings is 1. The Balaban J connectivity index is 2.18. The lowest BCUT2D eigenvalue weighted by molar-refractivity contribution is -0.148. The Labute approximate surface area is 141 Å². The molecule has 1 aromatic carbocycles. The minimum Gasteiger partial charge on any atom is -0.468 e. The number of carbonyl (C=O) groups excluding carboxylic acids is 2. The molecule has 23 heavy (non-hydrogen) atoms. The minimum atomic E-state index is -0.500. The van der Waals surface area contributed by atoms with Gasteiger partial charge in [0.25, 0.3) is 0 Å². The van der Waals surface area contributed by atoms with Crippen LogP contribution in [-0.2, 0) is 14.3 Å². The van der Waals surface area contributed by atoms with Gasteiger partial charge in [0, 0.05) is 24.0 Å². The summed E-state index contributed by atoms with van der Waals surface area (Å²) < 4.78 is 4.99. The van der Waals surface area contributed by atoms with Crippen LogP contribution in [0.25, 0.3) is 0 Å². The van der Waals surface area contributed by atoms with Gasteiger partial charge in [-0.25, -0.2) is 4.79 Å². The first-order valence-electron chi connectivity index (χ1n) is 7.91. The predicted octanol–water partition coefficient (Wildman–Crippen LogP) is 2.54. The molecule has 1 aromatic rings. The van der Waals surface area contributed by atoms with Crippen molar-refractivity contribution in [2.24, 2.45) is 0 Å². The summed E-state index contributed by atoms with van der Waals surface area (Å²) in [4.78, 5) is 26.0. The number of nitrogens with one attached hydrogen (secondary N) is 1. The second kappa shape index (κ2) is 8.31. The summed E-state index contributed by atoms with van der Waals surface area (Å²) in [5, 5.41) is 3.60. The number of likely N-dealkylation sites (tertiary alicyclic amines) is 1. The van der Waals surface area contributed by atoms with E-state index in [9.17, 15) is 9.59 Å². The van der Waals surface area contributed by atoms with Gasteiger partial charge in [0.15, 0.2) is 0 Å². The number of ether oxygens (including phenoxy) is 1. The van der Waals surface area contributed by atoms with Crippen LogP contribution in [0.1, 0.15) is 37.8 Å². The van der Waals surface area contributed by atoms with E-state index < -0.39 is 6.04 Å². The maximum Gasteiger partial charge on any atom is 0.327 e. The molecule has 0 aliphatic carbocycles. The monoisotopic (exact) mass is 338 g/mol. The lowest BCUT2D eigenvalue weighted by Gasteiger charge is -2.37. The summed E-state index contributed by atoms with van der Waals surface area (Å²) in [6, 6.07) is 6.83. The highest BCUT2D eigenvalue weighted by Gasteiger charge is 2.32. The summed E-state index contributed by atoms with van der Waals surface area (Å²) in [7, 11) is 1.39. The fourth-order valence-electron chi connectivity index (χ4n) is 2.97. The second-order valence-electron chi connectivity index (χ2n) is 5.74. The van der Waals surface area contributed by atoms with Gasteiger partial charge in [-0.05, 0) is 37.1 Å². The van der Waals surface area contributed by atoms with Gasteiger partial charge in [-0.1, -0.05) is 30.7 Å². The molecular formula is C17H23ClN2O3. The Morgan fingerprint density at radius 1 is 1.48 bits per heavy atom. The second-order valence-corrected chi connectivity index (χ2v) is 6.17. The molecule has 2 rings (SSSR count). The molecule has 0 unspecified atom stereocenters. The van der Waals surface area contributed by atoms with E-state index in [0.29, 0.717) is 18.0 Å². The smallest absolute Gasteiger partial charge is 0.327 e. The van der Waals surface area contributed by atoms with Gasteiger partial charge in [-0.3, -0.25) is 9.69 Å². The van der Waals surface area contributed by atoms with Crippen molar-refractivity contribution in [2.45, 2.75) is 38.3 Å². The zero-order valence-corrected chi connectivity index (χ0v) is 14.3. The quantitative estimate of drug-likeness (QED) is 0.838. The number of hydrogen-bond acceptors (Lipinski definition) is 4. The maximum absolute atomic E-state index is 12.3. The molecule has 0 saturated carbocycles. The van der Waals surface area contributed by atoms with Crippen LogP contribution in [0.4, 0.5) is 0 Å². The largest absolute Gasteiger partial charge is 0.468 e. The van der Waals surface area contributed by atoms with Crippen LogP contribution in [0, 0.1) is 0 Å². The first-order chi connectivity index (χ1) is 11.0. The fourth-order valence-corrected chi connectivity index (χ4v) is 3.17. The fraction of sp³-hybridized carbons (Fsp3) is 0.529. The Morgan fingerprint density at radius 2 is 2.26 bits per heavy atom. The Hall–Kier alpha value is -1.59. The standard InChI is InChI=1S/C17H23ClN2O3/c1-3-15(21)19-14-8-5-9-20(11-14)16(17(22)23-2)12-6-4-7-13(18)10-12/h4,6-7,10,14,16H,3,5,8-9,11H2,1-2H3,(H,19,21)/t14-,16+/m1/s1. The summed E-state index contributed by atoms with van der Waals surface area (Å²) in [5.41, 5.74) is 0.812. The van der Waals surface area contributed by atoms with Gasteiger partial charge in [0.2, 0.25) is 5.91 Å². The number of methoxy groups -OCH3 is 1. The normalized spacial score (nSPS) is 19.9. The summed E-state index contributed by atoms with van der Waals surface area (Å²) in [6.07, 6.45) is 2.31. The van der Waals surface area contributed by atoms with E-state index in [2.05, 4.69) is 10.2 Å². The molecule has 1 fully saturated rings. The predicted molar refractivity (Wildman–Crippen MR) is 89.2 cm³/mol. The summed E-state index contributed by atoms with van der Waals surface area (Å²) in [6.45, 7) is 3.24. The molecule has 0 spiro atoms. The van der Waals surface area contributed by atoms with E-state index in [1.54, 1.807) is 12.1 Å².